The van der Waals surface area contributed by atoms with E-state index in [4.69, 9.17) is 4.74 Å². The number of likely N-dealkylation sites (N-methyl/N-ethyl adjacent to an activating group) is 1. The van der Waals surface area contributed by atoms with Gasteiger partial charge in [0.25, 0.3) is 5.91 Å². The van der Waals surface area contributed by atoms with Crippen molar-refractivity contribution in [2.45, 2.75) is 66.0 Å². The van der Waals surface area contributed by atoms with Crippen molar-refractivity contribution < 1.29 is 14.3 Å². The Morgan fingerprint density at radius 1 is 1.12 bits per heavy atom. The van der Waals surface area contributed by atoms with E-state index in [9.17, 15) is 9.59 Å². The summed E-state index contributed by atoms with van der Waals surface area (Å²) >= 11 is 3.56. The van der Waals surface area contributed by atoms with Gasteiger partial charge in [-0.3, -0.25) is 9.59 Å². The van der Waals surface area contributed by atoms with Crippen molar-refractivity contribution in [3.05, 3.63) is 63.6 Å². The van der Waals surface area contributed by atoms with Gasteiger partial charge >= 0.3 is 0 Å². The van der Waals surface area contributed by atoms with Crippen LogP contribution in [0.3, 0.4) is 0 Å². The molecule has 0 aliphatic heterocycles. The average Bonchev–Trinajstić information content (AvgIpc) is 2.72. The number of benzene rings is 2. The standard InChI is InChI=1S/C26H35BrN2O3/c1-7-22(25(31)28-8-2)29(16-19-11-9-10-18(3)14-19)24(30)17-32-23-13-12-20(15-21(23)27)26(4,5)6/h9-15,22H,7-8,16-17H2,1-6H3,(H,28,31). The molecule has 0 saturated carbocycles. The molecular weight excluding hydrogens is 468 g/mol. The van der Waals surface area contributed by atoms with Gasteiger partial charge in [0, 0.05) is 13.1 Å². The molecule has 5 nitrogen and oxygen atoms in total. The number of carbonyl (C=O) groups excluding carboxylic acids is 2. The summed E-state index contributed by atoms with van der Waals surface area (Å²) in [6.45, 7) is 13.0. The molecule has 0 saturated heterocycles. The van der Waals surface area contributed by atoms with Gasteiger partial charge in [0.2, 0.25) is 5.91 Å². The topological polar surface area (TPSA) is 58.6 Å². The molecule has 0 radical (unpaired) electrons. The zero-order chi connectivity index (χ0) is 23.9. The van der Waals surface area contributed by atoms with Crippen LogP contribution in [-0.2, 0) is 21.5 Å². The highest BCUT2D eigenvalue weighted by Crippen LogP contribution is 2.31. The van der Waals surface area contributed by atoms with E-state index in [0.29, 0.717) is 25.3 Å². The van der Waals surface area contributed by atoms with Gasteiger partial charge in [-0.1, -0.05) is 63.6 Å². The molecule has 2 aromatic rings. The summed E-state index contributed by atoms with van der Waals surface area (Å²) in [7, 11) is 0. The molecule has 0 aliphatic rings. The molecule has 6 heteroatoms. The van der Waals surface area contributed by atoms with Crippen molar-refractivity contribution in [2.24, 2.45) is 0 Å². The molecule has 1 atom stereocenters. The van der Waals surface area contributed by atoms with Crippen LogP contribution in [0.15, 0.2) is 46.9 Å². The predicted octanol–water partition coefficient (Wildman–Crippen LogP) is 5.38. The number of hydrogen-bond acceptors (Lipinski definition) is 3. The van der Waals surface area contributed by atoms with Crippen molar-refractivity contribution in [3.8, 4) is 5.75 Å². The fraction of sp³-hybridized carbons (Fsp3) is 0.462. The SMILES string of the molecule is CCNC(=O)C(CC)N(Cc1cccc(C)c1)C(=O)COc1ccc(C(C)(C)C)cc1Br. The third-order valence-corrected chi connectivity index (χ3v) is 5.94. The molecule has 0 spiro atoms. The minimum atomic E-state index is -0.557. The van der Waals surface area contributed by atoms with Gasteiger partial charge < -0.3 is 15.0 Å². The van der Waals surface area contributed by atoms with Crippen LogP contribution in [0.4, 0.5) is 0 Å². The first-order valence-corrected chi connectivity index (χ1v) is 11.9. The van der Waals surface area contributed by atoms with Gasteiger partial charge in [-0.2, -0.15) is 0 Å². The van der Waals surface area contributed by atoms with Crippen LogP contribution >= 0.6 is 15.9 Å². The normalized spacial score (nSPS) is 12.2. The molecule has 0 aliphatic carbocycles. The zero-order valence-corrected chi connectivity index (χ0v) is 21.6. The van der Waals surface area contributed by atoms with Crippen LogP contribution in [0.5, 0.6) is 5.75 Å². The summed E-state index contributed by atoms with van der Waals surface area (Å²) in [6.07, 6.45) is 0.521. The molecule has 1 N–H and O–H groups in total. The van der Waals surface area contributed by atoms with Gasteiger partial charge in [0.15, 0.2) is 6.61 Å². The number of halogens is 1. The second-order valence-corrected chi connectivity index (χ2v) is 9.87. The maximum atomic E-state index is 13.3. The number of aryl methyl sites for hydroxylation is 1. The predicted molar refractivity (Wildman–Crippen MR) is 133 cm³/mol. The minimum Gasteiger partial charge on any atom is -0.483 e. The average molecular weight is 503 g/mol. The molecule has 32 heavy (non-hydrogen) atoms. The second kappa shape index (κ2) is 11.5. The number of ether oxygens (including phenoxy) is 1. The van der Waals surface area contributed by atoms with Crippen molar-refractivity contribution in [2.75, 3.05) is 13.2 Å². The smallest absolute Gasteiger partial charge is 0.261 e. The quantitative estimate of drug-likeness (QED) is 0.500. The van der Waals surface area contributed by atoms with E-state index in [1.54, 1.807) is 4.90 Å². The second-order valence-electron chi connectivity index (χ2n) is 9.01. The lowest BCUT2D eigenvalue weighted by Crippen LogP contribution is -2.50. The molecule has 0 bridgehead atoms. The Balaban J connectivity index is 2.22. The molecule has 174 valence electrons. The number of carbonyl (C=O) groups is 2. The summed E-state index contributed by atoms with van der Waals surface area (Å²) in [6, 6.07) is 13.3. The summed E-state index contributed by atoms with van der Waals surface area (Å²) in [5, 5.41) is 2.85. The molecular formula is C26H35BrN2O3. The number of amides is 2. The first-order chi connectivity index (χ1) is 15.1. The van der Waals surface area contributed by atoms with Crippen molar-refractivity contribution in [1.29, 1.82) is 0 Å². The van der Waals surface area contributed by atoms with Crippen LogP contribution in [0.1, 0.15) is 57.7 Å². The lowest BCUT2D eigenvalue weighted by Gasteiger charge is -2.30. The van der Waals surface area contributed by atoms with Crippen LogP contribution in [-0.4, -0.2) is 35.9 Å². The highest BCUT2D eigenvalue weighted by atomic mass is 79.9. The minimum absolute atomic E-state index is 0.0163. The lowest BCUT2D eigenvalue weighted by molar-refractivity contribution is -0.142. The van der Waals surface area contributed by atoms with Crippen LogP contribution in [0.2, 0.25) is 0 Å². The molecule has 2 amide bonds. The molecule has 2 aromatic carbocycles. The summed E-state index contributed by atoms with van der Waals surface area (Å²) in [5.41, 5.74) is 3.28. The Morgan fingerprint density at radius 3 is 2.41 bits per heavy atom. The molecule has 2 rings (SSSR count). The van der Waals surface area contributed by atoms with Crippen LogP contribution < -0.4 is 10.1 Å². The number of hydrogen-bond donors (Lipinski definition) is 1. The first-order valence-electron chi connectivity index (χ1n) is 11.1. The molecule has 0 fully saturated rings. The number of nitrogens with zero attached hydrogens (tertiary/aromatic N) is 1. The highest BCUT2D eigenvalue weighted by Gasteiger charge is 2.29. The van der Waals surface area contributed by atoms with E-state index in [2.05, 4.69) is 42.0 Å². The number of nitrogens with one attached hydrogen (secondary N) is 1. The maximum Gasteiger partial charge on any atom is 0.261 e. The van der Waals surface area contributed by atoms with E-state index >= 15 is 0 Å². The van der Waals surface area contributed by atoms with Gasteiger partial charge in [-0.25, -0.2) is 0 Å². The van der Waals surface area contributed by atoms with E-state index in [1.165, 1.54) is 5.56 Å². The molecule has 1 unspecified atom stereocenters. The summed E-state index contributed by atoms with van der Waals surface area (Å²) in [5.74, 6) is 0.232. The van der Waals surface area contributed by atoms with E-state index in [0.717, 1.165) is 15.6 Å². The van der Waals surface area contributed by atoms with Crippen molar-refractivity contribution in [1.82, 2.24) is 10.2 Å². The van der Waals surface area contributed by atoms with Crippen molar-refractivity contribution in [3.63, 3.8) is 0 Å². The summed E-state index contributed by atoms with van der Waals surface area (Å²) in [4.78, 5) is 27.6. The third kappa shape index (κ3) is 7.09. The Bertz CT molecular complexity index is 937. The Labute approximate surface area is 200 Å². The Hall–Kier alpha value is -2.34. The number of rotatable bonds is 9. The third-order valence-electron chi connectivity index (χ3n) is 5.32. The van der Waals surface area contributed by atoms with Crippen molar-refractivity contribution >= 4 is 27.7 Å². The van der Waals surface area contributed by atoms with Crippen LogP contribution in [0.25, 0.3) is 0 Å². The molecule has 0 aromatic heterocycles. The summed E-state index contributed by atoms with van der Waals surface area (Å²) < 4.78 is 6.68. The van der Waals surface area contributed by atoms with Gasteiger partial charge in [0.1, 0.15) is 11.8 Å². The first kappa shape index (κ1) is 25.9. The lowest BCUT2D eigenvalue weighted by atomic mass is 9.87. The van der Waals surface area contributed by atoms with Gasteiger partial charge in [-0.15, -0.1) is 0 Å². The van der Waals surface area contributed by atoms with E-state index < -0.39 is 6.04 Å². The largest absolute Gasteiger partial charge is 0.483 e. The maximum absolute atomic E-state index is 13.3. The van der Waals surface area contributed by atoms with E-state index in [1.807, 2.05) is 63.2 Å². The van der Waals surface area contributed by atoms with Gasteiger partial charge in [0.05, 0.1) is 4.47 Å². The fourth-order valence-electron chi connectivity index (χ4n) is 3.53. The van der Waals surface area contributed by atoms with E-state index in [-0.39, 0.29) is 23.8 Å². The fourth-order valence-corrected chi connectivity index (χ4v) is 4.02. The zero-order valence-electron chi connectivity index (χ0n) is 20.0. The Morgan fingerprint density at radius 2 is 1.84 bits per heavy atom. The van der Waals surface area contributed by atoms with Crippen LogP contribution in [0, 0.1) is 6.92 Å². The molecule has 0 heterocycles. The monoisotopic (exact) mass is 502 g/mol. The van der Waals surface area contributed by atoms with Gasteiger partial charge in [-0.05, 0) is 64.9 Å². The highest BCUT2D eigenvalue weighted by molar-refractivity contribution is 9.10. The Kier molecular flexibility index (Phi) is 9.32.